The van der Waals surface area contributed by atoms with Crippen LogP contribution >= 0.6 is 0 Å². The molecule has 4 rings (SSSR count). The van der Waals surface area contributed by atoms with Gasteiger partial charge in [-0.15, -0.1) is 0 Å². The Hall–Kier alpha value is -3.45. The fraction of sp³-hybridized carbons (Fsp3) is 0.346. The molecule has 1 saturated heterocycles. The minimum atomic E-state index is -0.463. The van der Waals surface area contributed by atoms with E-state index >= 15 is 0 Å². The molecule has 2 aliphatic rings. The average Bonchev–Trinajstić information content (AvgIpc) is 2.84. The first-order valence-corrected chi connectivity index (χ1v) is 11.6. The van der Waals surface area contributed by atoms with Crippen LogP contribution in [0.4, 0.5) is 11.4 Å². The molecule has 2 heterocycles. The Labute approximate surface area is 196 Å². The molecule has 174 valence electrons. The van der Waals surface area contributed by atoms with Gasteiger partial charge >= 0.3 is 0 Å². The van der Waals surface area contributed by atoms with E-state index in [9.17, 15) is 4.79 Å². The number of dihydropyridines is 1. The number of nitrogens with zero attached hydrogens (tertiary/aromatic N) is 2. The van der Waals surface area contributed by atoms with E-state index in [0.717, 1.165) is 43.1 Å². The lowest BCUT2D eigenvalue weighted by Crippen LogP contribution is -2.48. The van der Waals surface area contributed by atoms with Gasteiger partial charge in [0, 0.05) is 62.0 Å². The number of piperazine rings is 1. The summed E-state index contributed by atoms with van der Waals surface area (Å²) in [4.78, 5) is 16.8. The van der Waals surface area contributed by atoms with E-state index in [0.29, 0.717) is 18.2 Å². The maximum Gasteiger partial charge on any atom is 0.252 e. The first kappa shape index (κ1) is 22.7. The van der Waals surface area contributed by atoms with Gasteiger partial charge in [0.1, 0.15) is 6.17 Å². The highest BCUT2D eigenvalue weighted by atomic mass is 16.1. The number of rotatable bonds is 8. The Morgan fingerprint density at radius 2 is 1.76 bits per heavy atom. The van der Waals surface area contributed by atoms with Crippen LogP contribution in [0.15, 0.2) is 78.1 Å². The number of amides is 1. The van der Waals surface area contributed by atoms with E-state index in [1.165, 1.54) is 5.69 Å². The monoisotopic (exact) mass is 446 g/mol. The van der Waals surface area contributed by atoms with Crippen LogP contribution in [0.1, 0.15) is 19.4 Å². The molecule has 0 saturated carbocycles. The number of nitrogens with two attached hydrogens (primary N) is 1. The molecule has 33 heavy (non-hydrogen) atoms. The third-order valence-corrected chi connectivity index (χ3v) is 6.22. The second kappa shape index (κ2) is 10.4. The summed E-state index contributed by atoms with van der Waals surface area (Å²) < 4.78 is 0. The molecule has 2 aromatic carbocycles. The zero-order valence-electron chi connectivity index (χ0n) is 19.4. The molecule has 2 aliphatic heterocycles. The third-order valence-electron chi connectivity index (χ3n) is 6.22. The maximum absolute atomic E-state index is 11.9. The van der Waals surface area contributed by atoms with Crippen molar-refractivity contribution in [2.24, 2.45) is 5.73 Å². The molecular weight excluding hydrogens is 412 g/mol. The van der Waals surface area contributed by atoms with Crippen molar-refractivity contribution in [2.75, 3.05) is 36.4 Å². The normalized spacial score (nSPS) is 18.9. The topological polar surface area (TPSA) is 85.7 Å². The predicted molar refractivity (Wildman–Crippen MR) is 135 cm³/mol. The van der Waals surface area contributed by atoms with Gasteiger partial charge in [0.2, 0.25) is 0 Å². The van der Waals surface area contributed by atoms with Gasteiger partial charge in [0.15, 0.2) is 0 Å². The van der Waals surface area contributed by atoms with E-state index < -0.39 is 5.91 Å². The lowest BCUT2D eigenvalue weighted by molar-refractivity contribution is -0.114. The Balaban J connectivity index is 1.37. The van der Waals surface area contributed by atoms with Crippen LogP contribution in [0.5, 0.6) is 0 Å². The molecular formula is C26H34N6O. The first-order valence-electron chi connectivity index (χ1n) is 11.6. The smallest absolute Gasteiger partial charge is 0.252 e. The number of anilines is 2. The number of nitrogens with one attached hydrogen (secondary N) is 3. The van der Waals surface area contributed by atoms with Gasteiger partial charge in [-0.05, 0) is 49.8 Å². The van der Waals surface area contributed by atoms with E-state index in [2.05, 4.69) is 63.9 Å². The molecule has 0 aromatic heterocycles. The fourth-order valence-electron chi connectivity index (χ4n) is 4.23. The van der Waals surface area contributed by atoms with Crippen LogP contribution in [-0.4, -0.2) is 49.2 Å². The summed E-state index contributed by atoms with van der Waals surface area (Å²) in [5, 5.41) is 10.0. The molecule has 1 unspecified atom stereocenters. The summed E-state index contributed by atoms with van der Waals surface area (Å²) in [6.07, 6.45) is 3.48. The van der Waals surface area contributed by atoms with Crippen molar-refractivity contribution in [3.63, 3.8) is 0 Å². The van der Waals surface area contributed by atoms with Crippen molar-refractivity contribution >= 4 is 17.3 Å². The van der Waals surface area contributed by atoms with Gasteiger partial charge in [-0.1, -0.05) is 30.3 Å². The molecule has 1 atom stereocenters. The zero-order chi connectivity index (χ0) is 23.2. The lowest BCUT2D eigenvalue weighted by Gasteiger charge is -2.38. The molecule has 0 radical (unpaired) electrons. The van der Waals surface area contributed by atoms with Gasteiger partial charge in [-0.3, -0.25) is 9.69 Å². The largest absolute Gasteiger partial charge is 0.380 e. The quantitative estimate of drug-likeness (QED) is 0.499. The number of hydrogen-bond acceptors (Lipinski definition) is 6. The Bertz CT molecular complexity index is 991. The van der Waals surface area contributed by atoms with Crippen molar-refractivity contribution in [1.82, 2.24) is 15.5 Å². The minimum Gasteiger partial charge on any atom is -0.380 e. The van der Waals surface area contributed by atoms with Crippen LogP contribution in [0.2, 0.25) is 0 Å². The molecule has 5 N–H and O–H groups in total. The molecule has 7 nitrogen and oxygen atoms in total. The van der Waals surface area contributed by atoms with Crippen molar-refractivity contribution in [3.05, 3.63) is 83.7 Å². The number of primary amides is 1. The second-order valence-electron chi connectivity index (χ2n) is 8.79. The van der Waals surface area contributed by atoms with Crippen molar-refractivity contribution < 1.29 is 4.79 Å². The Kier molecular flexibility index (Phi) is 7.19. The second-order valence-corrected chi connectivity index (χ2v) is 8.79. The molecule has 0 bridgehead atoms. The van der Waals surface area contributed by atoms with Gasteiger partial charge in [0.25, 0.3) is 5.91 Å². The van der Waals surface area contributed by atoms with Gasteiger partial charge in [0.05, 0.1) is 5.57 Å². The van der Waals surface area contributed by atoms with Crippen LogP contribution < -0.4 is 26.6 Å². The first-order chi connectivity index (χ1) is 16.0. The molecule has 2 aromatic rings. The van der Waals surface area contributed by atoms with E-state index in [1.807, 2.05) is 36.4 Å². The van der Waals surface area contributed by atoms with E-state index in [1.54, 1.807) is 6.20 Å². The van der Waals surface area contributed by atoms with Gasteiger partial charge in [-0.25, -0.2) is 0 Å². The summed E-state index contributed by atoms with van der Waals surface area (Å²) in [6.45, 7) is 9.43. The standard InChI is InChI=1S/C26H34N6O/c1-19(2)31-12-14-32(15-13-31)22-10-8-21(9-11-22)30-25-16-24(23(18-29-25)26(27)33)28-17-20-6-4-3-5-7-20/h3-11,16,18-19,25,28-30H,12-15,17H2,1-2H3,(H2,27,33). The molecule has 0 spiro atoms. The summed E-state index contributed by atoms with van der Waals surface area (Å²) in [5.41, 5.74) is 10.1. The molecule has 0 aliphatic carbocycles. The average molecular weight is 447 g/mol. The lowest BCUT2D eigenvalue weighted by atomic mass is 10.1. The van der Waals surface area contributed by atoms with Crippen LogP contribution in [-0.2, 0) is 11.3 Å². The van der Waals surface area contributed by atoms with Crippen LogP contribution in [0.3, 0.4) is 0 Å². The molecule has 7 heteroatoms. The van der Waals surface area contributed by atoms with Crippen molar-refractivity contribution in [2.45, 2.75) is 32.6 Å². The van der Waals surface area contributed by atoms with Crippen molar-refractivity contribution in [1.29, 1.82) is 0 Å². The highest BCUT2D eigenvalue weighted by Crippen LogP contribution is 2.21. The third kappa shape index (κ3) is 5.87. The summed E-state index contributed by atoms with van der Waals surface area (Å²) in [6, 6.07) is 19.2. The summed E-state index contributed by atoms with van der Waals surface area (Å²) in [5.74, 6) is -0.463. The summed E-state index contributed by atoms with van der Waals surface area (Å²) >= 11 is 0. The number of benzene rings is 2. The zero-order valence-corrected chi connectivity index (χ0v) is 19.4. The fourth-order valence-corrected chi connectivity index (χ4v) is 4.23. The van der Waals surface area contributed by atoms with E-state index in [4.69, 9.17) is 5.73 Å². The highest BCUT2D eigenvalue weighted by Gasteiger charge is 2.20. The van der Waals surface area contributed by atoms with Gasteiger partial charge < -0.3 is 26.6 Å². The van der Waals surface area contributed by atoms with Gasteiger partial charge in [-0.2, -0.15) is 0 Å². The van der Waals surface area contributed by atoms with Crippen LogP contribution in [0.25, 0.3) is 0 Å². The molecule has 1 amide bonds. The van der Waals surface area contributed by atoms with Crippen LogP contribution in [0, 0.1) is 0 Å². The number of hydrogen-bond donors (Lipinski definition) is 4. The number of carbonyl (C=O) groups is 1. The maximum atomic E-state index is 11.9. The minimum absolute atomic E-state index is 0.160. The number of carbonyl (C=O) groups excluding carboxylic acids is 1. The Morgan fingerprint density at radius 1 is 1.06 bits per heavy atom. The summed E-state index contributed by atoms with van der Waals surface area (Å²) in [7, 11) is 0. The predicted octanol–water partition coefficient (Wildman–Crippen LogP) is 2.60. The molecule has 1 fully saturated rings. The van der Waals surface area contributed by atoms with E-state index in [-0.39, 0.29) is 6.17 Å². The Morgan fingerprint density at radius 3 is 2.39 bits per heavy atom. The highest BCUT2D eigenvalue weighted by molar-refractivity contribution is 5.96. The van der Waals surface area contributed by atoms with Crippen molar-refractivity contribution in [3.8, 4) is 0 Å². The SMILES string of the molecule is CC(C)N1CCN(c2ccc(NC3C=C(NCc4ccccc4)C(C(N)=O)=CN3)cc2)CC1.